The van der Waals surface area contributed by atoms with E-state index < -0.39 is 21.0 Å². The summed E-state index contributed by atoms with van der Waals surface area (Å²) in [6, 6.07) is -0.893. The van der Waals surface area contributed by atoms with Crippen LogP contribution in [0.25, 0.3) is 0 Å². The Bertz CT molecular complexity index is 159. The second-order valence-electron chi connectivity index (χ2n) is 2.52. The van der Waals surface area contributed by atoms with Crippen molar-refractivity contribution in [1.29, 1.82) is 0 Å². The summed E-state index contributed by atoms with van der Waals surface area (Å²) in [5.74, 6) is -0.428. The van der Waals surface area contributed by atoms with E-state index in [-0.39, 0.29) is 6.42 Å². The van der Waals surface area contributed by atoms with Crippen LogP contribution in [0.3, 0.4) is 0 Å². The fourth-order valence-corrected chi connectivity index (χ4v) is 1.11. The quantitative estimate of drug-likeness (QED) is 0.498. The first-order valence-electron chi connectivity index (χ1n) is 3.67. The first-order valence-corrected chi connectivity index (χ1v) is 5.51. The maximum Gasteiger partial charge on any atom is 0.616 e. The molecule has 0 saturated heterocycles. The number of carbonyl (C=O) groups is 1. The molecule has 0 radical (unpaired) electrons. The molecule has 0 fully saturated rings. The number of nitrogens with zero attached hydrogens (tertiary/aromatic N) is 1. The molecular formula is C6H12F3NOSi. The van der Waals surface area contributed by atoms with Gasteiger partial charge in [0.15, 0.2) is 0 Å². The molecular weight excluding hydrogens is 187 g/mol. The maximum atomic E-state index is 11.8. The van der Waals surface area contributed by atoms with Crippen LogP contribution in [0, 0.1) is 0 Å². The first-order chi connectivity index (χ1) is 5.37. The molecule has 0 aliphatic rings. The Kier molecular flexibility index (Phi) is 4.29. The van der Waals surface area contributed by atoms with Crippen molar-refractivity contribution in [1.82, 2.24) is 4.90 Å². The molecule has 0 saturated carbocycles. The summed E-state index contributed by atoms with van der Waals surface area (Å²) in [6.45, 7) is 2.18. The molecule has 0 spiro atoms. The van der Waals surface area contributed by atoms with E-state index in [9.17, 15) is 17.1 Å². The van der Waals surface area contributed by atoms with Gasteiger partial charge in [0.25, 0.3) is 0 Å². The molecule has 0 atom stereocenters. The predicted molar refractivity (Wildman–Crippen MR) is 41.8 cm³/mol. The fraction of sp³-hybridized carbons (Fsp3) is 0.833. The highest BCUT2D eigenvalue weighted by Gasteiger charge is 2.36. The van der Waals surface area contributed by atoms with Crippen molar-refractivity contribution in [3.05, 3.63) is 0 Å². The zero-order valence-electron chi connectivity index (χ0n) is 7.11. The fourth-order valence-electron chi connectivity index (χ4n) is 0.616. The molecule has 0 aliphatic heterocycles. The maximum absolute atomic E-state index is 11.8. The van der Waals surface area contributed by atoms with Crippen LogP contribution in [-0.4, -0.2) is 33.5 Å². The van der Waals surface area contributed by atoms with E-state index in [0.717, 1.165) is 0 Å². The monoisotopic (exact) mass is 199 g/mol. The summed E-state index contributed by atoms with van der Waals surface area (Å²) in [7, 11) is -4.03. The van der Waals surface area contributed by atoms with Crippen molar-refractivity contribution in [2.75, 3.05) is 13.6 Å². The van der Waals surface area contributed by atoms with E-state index >= 15 is 0 Å². The lowest BCUT2D eigenvalue weighted by molar-refractivity contribution is -0.129. The average molecular weight is 199 g/mol. The van der Waals surface area contributed by atoms with Gasteiger partial charge in [-0.15, -0.1) is 0 Å². The van der Waals surface area contributed by atoms with Crippen molar-refractivity contribution in [3.8, 4) is 0 Å². The summed E-state index contributed by atoms with van der Waals surface area (Å²) < 4.78 is 35.3. The van der Waals surface area contributed by atoms with Crippen molar-refractivity contribution >= 4 is 15.0 Å². The van der Waals surface area contributed by atoms with Crippen LogP contribution in [0.2, 0.25) is 6.04 Å². The average Bonchev–Trinajstić information content (AvgIpc) is 1.97. The lowest BCUT2D eigenvalue weighted by atomic mass is 10.4. The predicted octanol–water partition coefficient (Wildman–Crippen LogP) is 1.70. The summed E-state index contributed by atoms with van der Waals surface area (Å²) in [5, 5.41) is 0. The SMILES string of the molecule is CCN(C)C(=O)CC[Si](F)(F)F. The van der Waals surface area contributed by atoms with Gasteiger partial charge in [-0.1, -0.05) is 0 Å². The van der Waals surface area contributed by atoms with E-state index in [1.807, 2.05) is 0 Å². The molecule has 0 heterocycles. The number of rotatable bonds is 4. The number of amides is 1. The Hall–Kier alpha value is -0.523. The molecule has 1 amide bonds. The molecule has 0 bridgehead atoms. The van der Waals surface area contributed by atoms with Gasteiger partial charge >= 0.3 is 9.08 Å². The van der Waals surface area contributed by atoms with Gasteiger partial charge in [0.05, 0.1) is 0 Å². The van der Waals surface area contributed by atoms with Gasteiger partial charge in [0.2, 0.25) is 5.91 Å². The van der Waals surface area contributed by atoms with E-state index in [1.165, 1.54) is 11.9 Å². The largest absolute Gasteiger partial charge is 0.616 e. The molecule has 0 aromatic carbocycles. The van der Waals surface area contributed by atoms with Gasteiger partial charge in [-0.05, 0) is 6.92 Å². The minimum atomic E-state index is -5.53. The van der Waals surface area contributed by atoms with E-state index in [2.05, 4.69) is 0 Å². The van der Waals surface area contributed by atoms with E-state index in [4.69, 9.17) is 0 Å². The van der Waals surface area contributed by atoms with Crippen LogP contribution in [0.1, 0.15) is 13.3 Å². The zero-order chi connectivity index (χ0) is 9.78. The van der Waals surface area contributed by atoms with Crippen LogP contribution in [0.4, 0.5) is 12.3 Å². The Morgan fingerprint density at radius 1 is 1.42 bits per heavy atom. The molecule has 72 valence electrons. The molecule has 12 heavy (non-hydrogen) atoms. The number of carbonyl (C=O) groups excluding carboxylic acids is 1. The number of halogens is 3. The topological polar surface area (TPSA) is 20.3 Å². The van der Waals surface area contributed by atoms with Crippen molar-refractivity contribution in [2.45, 2.75) is 19.4 Å². The summed E-state index contributed by atoms with van der Waals surface area (Å²) >= 11 is 0. The molecule has 0 unspecified atom stereocenters. The lowest BCUT2D eigenvalue weighted by Crippen LogP contribution is -2.28. The summed E-state index contributed by atoms with van der Waals surface area (Å²) in [6.07, 6.45) is -0.389. The Morgan fingerprint density at radius 2 is 1.92 bits per heavy atom. The Labute approximate surface area is 70.9 Å². The zero-order valence-corrected chi connectivity index (χ0v) is 8.11. The highest BCUT2D eigenvalue weighted by Crippen LogP contribution is 2.17. The number of hydrogen-bond acceptors (Lipinski definition) is 1. The molecule has 0 aliphatic carbocycles. The minimum absolute atomic E-state index is 0.389. The van der Waals surface area contributed by atoms with Gasteiger partial charge < -0.3 is 4.90 Å². The van der Waals surface area contributed by atoms with Crippen LogP contribution in [0.5, 0.6) is 0 Å². The van der Waals surface area contributed by atoms with Gasteiger partial charge in [0.1, 0.15) is 0 Å². The van der Waals surface area contributed by atoms with Crippen LogP contribution in [0.15, 0.2) is 0 Å². The smallest absolute Gasteiger partial charge is 0.346 e. The normalized spacial score (nSPS) is 11.4. The molecule has 2 nitrogen and oxygen atoms in total. The van der Waals surface area contributed by atoms with Crippen LogP contribution in [-0.2, 0) is 4.79 Å². The van der Waals surface area contributed by atoms with Crippen LogP contribution >= 0.6 is 0 Å². The summed E-state index contributed by atoms with van der Waals surface area (Å²) in [5.41, 5.74) is 0. The second-order valence-corrected chi connectivity index (χ2v) is 4.25. The first kappa shape index (κ1) is 11.5. The van der Waals surface area contributed by atoms with Crippen molar-refractivity contribution < 1.29 is 17.1 Å². The lowest BCUT2D eigenvalue weighted by Gasteiger charge is -2.13. The number of hydrogen-bond donors (Lipinski definition) is 0. The molecule has 0 aromatic heterocycles. The summed E-state index contributed by atoms with van der Waals surface area (Å²) in [4.78, 5) is 12.2. The minimum Gasteiger partial charge on any atom is -0.346 e. The van der Waals surface area contributed by atoms with Crippen molar-refractivity contribution in [3.63, 3.8) is 0 Å². The second kappa shape index (κ2) is 4.49. The molecule has 0 N–H and O–H groups in total. The molecule has 6 heteroatoms. The van der Waals surface area contributed by atoms with Gasteiger partial charge in [-0.3, -0.25) is 4.79 Å². The van der Waals surface area contributed by atoms with E-state index in [1.54, 1.807) is 6.92 Å². The third-order valence-electron chi connectivity index (χ3n) is 1.52. The van der Waals surface area contributed by atoms with E-state index in [0.29, 0.717) is 6.54 Å². The van der Waals surface area contributed by atoms with Gasteiger partial charge in [-0.2, -0.15) is 0 Å². The van der Waals surface area contributed by atoms with Gasteiger partial charge in [-0.25, -0.2) is 12.3 Å². The third-order valence-corrected chi connectivity index (χ3v) is 2.34. The molecule has 0 rings (SSSR count). The molecule has 0 aromatic rings. The highest BCUT2D eigenvalue weighted by molar-refractivity contribution is 6.58. The highest BCUT2D eigenvalue weighted by atomic mass is 28.5. The van der Waals surface area contributed by atoms with Crippen molar-refractivity contribution in [2.24, 2.45) is 0 Å². The Balaban J connectivity index is 3.72. The van der Waals surface area contributed by atoms with Gasteiger partial charge in [0, 0.05) is 26.1 Å². The third kappa shape index (κ3) is 5.17. The Morgan fingerprint density at radius 3 is 2.25 bits per heavy atom. The standard InChI is InChI=1S/C6H12F3NOSi/c1-3-10(2)6(11)4-5-12(7,8)9/h3-5H2,1-2H3. The van der Waals surface area contributed by atoms with Crippen LogP contribution < -0.4 is 0 Å².